The summed E-state index contributed by atoms with van der Waals surface area (Å²) in [7, 11) is 0. The molecule has 2 heterocycles. The Labute approximate surface area is 187 Å². The van der Waals surface area contributed by atoms with Crippen LogP contribution in [0.5, 0.6) is 5.75 Å². The summed E-state index contributed by atoms with van der Waals surface area (Å²) >= 11 is 0. The van der Waals surface area contributed by atoms with E-state index in [0.717, 1.165) is 31.2 Å². The third kappa shape index (κ3) is 6.24. The molecule has 0 aliphatic carbocycles. The second-order valence-electron chi connectivity index (χ2n) is 8.48. The van der Waals surface area contributed by atoms with E-state index in [0.29, 0.717) is 5.92 Å². The van der Waals surface area contributed by atoms with Crippen molar-refractivity contribution in [3.63, 3.8) is 0 Å². The van der Waals surface area contributed by atoms with E-state index in [2.05, 4.69) is 61.4 Å². The molecule has 158 valence electrons. The molecule has 2 aliphatic heterocycles. The molecule has 0 saturated carbocycles. The van der Waals surface area contributed by atoms with Crippen molar-refractivity contribution in [2.75, 3.05) is 32.7 Å². The van der Waals surface area contributed by atoms with Gasteiger partial charge in [0.15, 0.2) is 5.96 Å². The van der Waals surface area contributed by atoms with Crippen molar-refractivity contribution in [2.24, 2.45) is 10.9 Å². The highest BCUT2D eigenvalue weighted by atomic mass is 127. The number of benzene rings is 1. The van der Waals surface area contributed by atoms with Gasteiger partial charge >= 0.3 is 0 Å². The van der Waals surface area contributed by atoms with Gasteiger partial charge in [0, 0.05) is 31.6 Å². The lowest BCUT2D eigenvalue weighted by atomic mass is 9.90. The van der Waals surface area contributed by atoms with Gasteiger partial charge < -0.3 is 20.3 Å². The number of guanidine groups is 1. The highest BCUT2D eigenvalue weighted by Crippen LogP contribution is 2.39. The van der Waals surface area contributed by atoms with Gasteiger partial charge in [0.05, 0.1) is 6.04 Å². The Bertz CT molecular complexity index is 649. The molecule has 2 N–H and O–H groups in total. The largest absolute Gasteiger partial charge is 0.487 e. The zero-order chi connectivity index (χ0) is 19.3. The molecular formula is C22H37IN4O. The van der Waals surface area contributed by atoms with Crippen LogP contribution in [0, 0.1) is 5.92 Å². The average Bonchev–Trinajstić information content (AvgIpc) is 3.07. The molecule has 0 bridgehead atoms. The molecule has 6 heteroatoms. The number of fused-ring (bicyclic) bond motifs is 1. The molecule has 0 amide bonds. The number of hydrogen-bond acceptors (Lipinski definition) is 3. The zero-order valence-electron chi connectivity index (χ0n) is 17.8. The van der Waals surface area contributed by atoms with Crippen molar-refractivity contribution in [2.45, 2.75) is 58.6 Å². The minimum absolute atomic E-state index is 0. The number of hydrogen-bond donors (Lipinski definition) is 2. The fourth-order valence-electron chi connectivity index (χ4n) is 4.22. The van der Waals surface area contributed by atoms with Crippen LogP contribution < -0.4 is 15.4 Å². The maximum Gasteiger partial charge on any atom is 0.191 e. The van der Waals surface area contributed by atoms with Crippen molar-refractivity contribution >= 4 is 29.9 Å². The van der Waals surface area contributed by atoms with Crippen LogP contribution >= 0.6 is 24.0 Å². The maximum absolute atomic E-state index is 6.16. The van der Waals surface area contributed by atoms with Gasteiger partial charge in [-0.2, -0.15) is 0 Å². The Balaban J connectivity index is 0.00000280. The lowest BCUT2D eigenvalue weighted by Gasteiger charge is -2.38. The molecular weight excluding hydrogens is 463 g/mol. The van der Waals surface area contributed by atoms with Gasteiger partial charge in [-0.3, -0.25) is 4.99 Å². The minimum atomic E-state index is -0.185. The Hall–Kier alpha value is -1.02. The first-order chi connectivity index (χ1) is 13.0. The predicted octanol–water partition coefficient (Wildman–Crippen LogP) is 4.19. The second-order valence-corrected chi connectivity index (χ2v) is 8.48. The van der Waals surface area contributed by atoms with Crippen LogP contribution in [0.25, 0.3) is 0 Å². The maximum atomic E-state index is 6.16. The molecule has 0 radical (unpaired) electrons. The third-order valence-corrected chi connectivity index (χ3v) is 5.45. The van der Waals surface area contributed by atoms with Crippen molar-refractivity contribution in [1.82, 2.24) is 15.5 Å². The summed E-state index contributed by atoms with van der Waals surface area (Å²) in [4.78, 5) is 7.50. The second kappa shape index (κ2) is 10.7. The molecule has 2 unspecified atom stereocenters. The summed E-state index contributed by atoms with van der Waals surface area (Å²) < 4.78 is 6.16. The Morgan fingerprint density at radius 3 is 2.82 bits per heavy atom. The number of nitrogens with zero attached hydrogens (tertiary/aromatic N) is 2. The third-order valence-electron chi connectivity index (χ3n) is 5.45. The molecule has 2 atom stereocenters. The molecule has 2 aliphatic rings. The summed E-state index contributed by atoms with van der Waals surface area (Å²) in [6.45, 7) is 14.1. The van der Waals surface area contributed by atoms with E-state index >= 15 is 0 Å². The zero-order valence-corrected chi connectivity index (χ0v) is 20.2. The Kier molecular flexibility index (Phi) is 8.86. The van der Waals surface area contributed by atoms with Crippen LogP contribution in [0.3, 0.4) is 0 Å². The molecule has 5 nitrogen and oxygen atoms in total. The summed E-state index contributed by atoms with van der Waals surface area (Å²) in [6, 6.07) is 8.56. The SMILES string of the molecule is CCCN1CCC(CN=C(NCC)NC2CC(C)(C)Oc3ccccc32)C1.I. The normalized spacial score (nSPS) is 24.1. The fraction of sp³-hybridized carbons (Fsp3) is 0.682. The number of likely N-dealkylation sites (tertiary alicyclic amines) is 1. The lowest BCUT2D eigenvalue weighted by molar-refractivity contribution is 0.0694. The number of para-hydroxylation sites is 1. The fourth-order valence-corrected chi connectivity index (χ4v) is 4.22. The van der Waals surface area contributed by atoms with Crippen LogP contribution in [0.4, 0.5) is 0 Å². The number of nitrogens with one attached hydrogen (secondary N) is 2. The molecule has 1 saturated heterocycles. The topological polar surface area (TPSA) is 48.9 Å². The van der Waals surface area contributed by atoms with Crippen molar-refractivity contribution < 1.29 is 4.74 Å². The molecule has 3 rings (SSSR count). The predicted molar refractivity (Wildman–Crippen MR) is 128 cm³/mol. The van der Waals surface area contributed by atoms with Gasteiger partial charge in [-0.15, -0.1) is 24.0 Å². The van der Waals surface area contributed by atoms with Gasteiger partial charge in [0.1, 0.15) is 11.4 Å². The van der Waals surface area contributed by atoms with Gasteiger partial charge in [-0.25, -0.2) is 0 Å². The number of rotatable bonds is 6. The van der Waals surface area contributed by atoms with E-state index in [1.54, 1.807) is 0 Å². The van der Waals surface area contributed by atoms with Gasteiger partial charge in [0.25, 0.3) is 0 Å². The van der Waals surface area contributed by atoms with E-state index in [1.165, 1.54) is 38.0 Å². The van der Waals surface area contributed by atoms with E-state index in [1.807, 2.05) is 6.07 Å². The lowest BCUT2D eigenvalue weighted by Crippen LogP contribution is -2.45. The van der Waals surface area contributed by atoms with Gasteiger partial charge in [-0.1, -0.05) is 25.1 Å². The van der Waals surface area contributed by atoms with Crippen molar-refractivity contribution in [3.8, 4) is 5.75 Å². The summed E-state index contributed by atoms with van der Waals surface area (Å²) in [5.74, 6) is 2.57. The van der Waals surface area contributed by atoms with Crippen LogP contribution in [0.15, 0.2) is 29.3 Å². The van der Waals surface area contributed by atoms with E-state index in [4.69, 9.17) is 9.73 Å². The first-order valence-corrected chi connectivity index (χ1v) is 10.6. The summed E-state index contributed by atoms with van der Waals surface area (Å²) in [6.07, 6.45) is 3.41. The first kappa shape index (κ1) is 23.3. The van der Waals surface area contributed by atoms with E-state index in [9.17, 15) is 0 Å². The van der Waals surface area contributed by atoms with Crippen molar-refractivity contribution in [3.05, 3.63) is 29.8 Å². The summed E-state index contributed by atoms with van der Waals surface area (Å²) in [5, 5.41) is 7.11. The standard InChI is InChI=1S/C22H36N4O.HI/c1-5-12-26-13-11-17(16-26)15-24-21(23-6-2)25-19-14-22(3,4)27-20-10-8-7-9-18(19)20;/h7-10,17,19H,5-6,11-16H2,1-4H3,(H2,23,24,25);1H. The molecule has 0 aromatic heterocycles. The quantitative estimate of drug-likeness (QED) is 0.350. The van der Waals surface area contributed by atoms with Crippen LogP contribution in [-0.4, -0.2) is 49.2 Å². The van der Waals surface area contributed by atoms with Crippen molar-refractivity contribution in [1.29, 1.82) is 0 Å². The molecule has 0 spiro atoms. The molecule has 1 aromatic carbocycles. The van der Waals surface area contributed by atoms with Crippen LogP contribution in [0.2, 0.25) is 0 Å². The number of ether oxygens (including phenoxy) is 1. The Morgan fingerprint density at radius 1 is 1.29 bits per heavy atom. The van der Waals surface area contributed by atoms with Crippen LogP contribution in [-0.2, 0) is 0 Å². The average molecular weight is 500 g/mol. The molecule has 1 fully saturated rings. The summed E-state index contributed by atoms with van der Waals surface area (Å²) in [5.41, 5.74) is 1.03. The van der Waals surface area contributed by atoms with Gasteiger partial charge in [0.2, 0.25) is 0 Å². The van der Waals surface area contributed by atoms with Crippen LogP contribution in [0.1, 0.15) is 58.6 Å². The number of halogens is 1. The van der Waals surface area contributed by atoms with E-state index in [-0.39, 0.29) is 35.6 Å². The molecule has 1 aromatic rings. The minimum Gasteiger partial charge on any atom is -0.487 e. The highest BCUT2D eigenvalue weighted by Gasteiger charge is 2.34. The Morgan fingerprint density at radius 2 is 2.07 bits per heavy atom. The monoisotopic (exact) mass is 500 g/mol. The smallest absolute Gasteiger partial charge is 0.191 e. The molecule has 28 heavy (non-hydrogen) atoms. The first-order valence-electron chi connectivity index (χ1n) is 10.6. The van der Waals surface area contributed by atoms with E-state index < -0.39 is 0 Å². The van der Waals surface area contributed by atoms with Gasteiger partial charge in [-0.05, 0) is 58.7 Å². The number of aliphatic imine (C=N–C) groups is 1. The highest BCUT2D eigenvalue weighted by molar-refractivity contribution is 14.0.